The van der Waals surface area contributed by atoms with E-state index in [0.717, 1.165) is 25.3 Å². The molecule has 98 valence electrons. The predicted octanol–water partition coefficient (Wildman–Crippen LogP) is 4.26. The number of ether oxygens (including phenoxy) is 1. The maximum Gasteiger partial charge on any atom is 0.128 e. The molecule has 0 N–H and O–H groups in total. The summed E-state index contributed by atoms with van der Waals surface area (Å²) in [6.07, 6.45) is 1.12. The minimum Gasteiger partial charge on any atom is -0.493 e. The van der Waals surface area contributed by atoms with E-state index in [1.807, 2.05) is 6.92 Å². The highest BCUT2D eigenvalue weighted by atomic mass is 16.5. The number of nitrogens with zero attached hydrogens (tertiary/aromatic N) is 1. The van der Waals surface area contributed by atoms with Crippen LogP contribution in [-0.4, -0.2) is 11.2 Å². The highest BCUT2D eigenvalue weighted by Gasteiger charge is 2.12. The lowest BCUT2D eigenvalue weighted by Gasteiger charge is -2.10. The highest BCUT2D eigenvalue weighted by Crippen LogP contribution is 2.30. The lowest BCUT2D eigenvalue weighted by Crippen LogP contribution is -2.03. The molecule has 0 saturated heterocycles. The Kier molecular flexibility index (Phi) is 3.95. The maximum atomic E-state index is 5.72. The van der Waals surface area contributed by atoms with Crippen LogP contribution in [0.3, 0.4) is 0 Å². The zero-order chi connectivity index (χ0) is 13.1. The molecule has 1 heterocycles. The Balaban J connectivity index is 2.56. The van der Waals surface area contributed by atoms with E-state index in [0.29, 0.717) is 5.92 Å². The van der Waals surface area contributed by atoms with Gasteiger partial charge in [-0.25, -0.2) is 0 Å². The van der Waals surface area contributed by atoms with E-state index < -0.39 is 0 Å². The Bertz CT molecular complexity index is 525. The fraction of sp³-hybridized carbons (Fsp3) is 0.500. The fourth-order valence-corrected chi connectivity index (χ4v) is 2.55. The molecule has 0 radical (unpaired) electrons. The molecule has 2 rings (SSSR count). The van der Waals surface area contributed by atoms with Crippen LogP contribution >= 0.6 is 0 Å². The molecule has 2 heteroatoms. The van der Waals surface area contributed by atoms with E-state index in [2.05, 4.69) is 49.6 Å². The van der Waals surface area contributed by atoms with Gasteiger partial charge >= 0.3 is 0 Å². The Labute approximate surface area is 110 Å². The van der Waals surface area contributed by atoms with Crippen molar-refractivity contribution in [3.8, 4) is 5.75 Å². The number of hydrogen-bond donors (Lipinski definition) is 0. The first kappa shape index (κ1) is 13.0. The first-order chi connectivity index (χ1) is 8.67. The summed E-state index contributed by atoms with van der Waals surface area (Å²) in [6, 6.07) is 8.62. The van der Waals surface area contributed by atoms with Crippen molar-refractivity contribution in [1.82, 2.24) is 4.57 Å². The topological polar surface area (TPSA) is 14.2 Å². The van der Waals surface area contributed by atoms with Crippen LogP contribution in [0.2, 0.25) is 0 Å². The largest absolute Gasteiger partial charge is 0.493 e. The number of fused-ring (bicyclic) bond motifs is 1. The summed E-state index contributed by atoms with van der Waals surface area (Å²) in [6.45, 7) is 10.5. The molecule has 0 bridgehead atoms. The summed E-state index contributed by atoms with van der Waals surface area (Å²) in [5.74, 6) is 1.68. The van der Waals surface area contributed by atoms with Gasteiger partial charge in [-0.3, -0.25) is 0 Å². The van der Waals surface area contributed by atoms with Crippen molar-refractivity contribution in [2.24, 2.45) is 5.92 Å². The van der Waals surface area contributed by atoms with Gasteiger partial charge in [-0.2, -0.15) is 0 Å². The Hall–Kier alpha value is -1.44. The fourth-order valence-electron chi connectivity index (χ4n) is 2.55. The normalized spacial score (nSPS) is 11.4. The van der Waals surface area contributed by atoms with Gasteiger partial charge in [-0.15, -0.1) is 0 Å². The Morgan fingerprint density at radius 1 is 1.22 bits per heavy atom. The molecule has 0 aliphatic rings. The molecule has 0 saturated carbocycles. The number of aryl methyl sites for hydroxylation is 1. The zero-order valence-electron chi connectivity index (χ0n) is 11.9. The maximum absolute atomic E-state index is 5.72. The average molecular weight is 245 g/mol. The number of hydrogen-bond acceptors (Lipinski definition) is 1. The quantitative estimate of drug-likeness (QED) is 0.767. The summed E-state index contributed by atoms with van der Waals surface area (Å²) in [4.78, 5) is 0. The van der Waals surface area contributed by atoms with Gasteiger partial charge in [0, 0.05) is 17.6 Å². The van der Waals surface area contributed by atoms with Gasteiger partial charge in [0.25, 0.3) is 0 Å². The minimum absolute atomic E-state index is 0.676. The first-order valence-electron chi connectivity index (χ1n) is 6.91. The second-order valence-corrected chi connectivity index (χ2v) is 5.10. The third kappa shape index (κ3) is 2.38. The van der Waals surface area contributed by atoms with Crippen LogP contribution in [0.15, 0.2) is 24.3 Å². The second kappa shape index (κ2) is 5.47. The summed E-state index contributed by atoms with van der Waals surface area (Å²) in [5, 5.41) is 1.25. The van der Waals surface area contributed by atoms with Crippen molar-refractivity contribution in [3.63, 3.8) is 0 Å². The van der Waals surface area contributed by atoms with Crippen LogP contribution in [0, 0.1) is 5.92 Å². The highest BCUT2D eigenvalue weighted by molar-refractivity contribution is 5.87. The summed E-state index contributed by atoms with van der Waals surface area (Å²) >= 11 is 0. The van der Waals surface area contributed by atoms with Crippen LogP contribution in [-0.2, 0) is 13.0 Å². The number of benzene rings is 1. The van der Waals surface area contributed by atoms with Crippen molar-refractivity contribution in [2.75, 3.05) is 6.61 Å². The molecule has 2 aromatic rings. The van der Waals surface area contributed by atoms with E-state index in [1.165, 1.54) is 16.6 Å². The molecular formula is C16H23NO. The van der Waals surface area contributed by atoms with Crippen LogP contribution in [0.5, 0.6) is 5.75 Å². The van der Waals surface area contributed by atoms with Crippen molar-refractivity contribution in [1.29, 1.82) is 0 Å². The third-order valence-corrected chi connectivity index (χ3v) is 3.23. The van der Waals surface area contributed by atoms with Gasteiger partial charge in [0.1, 0.15) is 5.75 Å². The number of rotatable bonds is 5. The van der Waals surface area contributed by atoms with Crippen LogP contribution in [0.4, 0.5) is 0 Å². The van der Waals surface area contributed by atoms with E-state index in [-0.39, 0.29) is 0 Å². The molecule has 2 nitrogen and oxygen atoms in total. The van der Waals surface area contributed by atoms with Gasteiger partial charge in [0.2, 0.25) is 0 Å². The molecule has 0 unspecified atom stereocenters. The first-order valence-corrected chi connectivity index (χ1v) is 6.91. The summed E-state index contributed by atoms with van der Waals surface area (Å²) in [5.41, 5.74) is 2.70. The van der Waals surface area contributed by atoms with Crippen molar-refractivity contribution < 1.29 is 4.74 Å². The SMILES string of the molecule is CCOc1cccc2c1cc(CC(C)C)n2CC. The molecule has 18 heavy (non-hydrogen) atoms. The van der Waals surface area contributed by atoms with Gasteiger partial charge in [0.05, 0.1) is 12.1 Å². The summed E-state index contributed by atoms with van der Waals surface area (Å²) < 4.78 is 8.12. The molecular weight excluding hydrogens is 222 g/mol. The Morgan fingerprint density at radius 2 is 2.00 bits per heavy atom. The molecule has 0 spiro atoms. The van der Waals surface area contributed by atoms with E-state index in [1.54, 1.807) is 0 Å². The van der Waals surface area contributed by atoms with Crippen LogP contribution in [0.1, 0.15) is 33.4 Å². The minimum atomic E-state index is 0.676. The monoisotopic (exact) mass is 245 g/mol. The van der Waals surface area contributed by atoms with Crippen molar-refractivity contribution in [3.05, 3.63) is 30.0 Å². The molecule has 0 aliphatic carbocycles. The lowest BCUT2D eigenvalue weighted by atomic mass is 10.1. The van der Waals surface area contributed by atoms with Gasteiger partial charge in [-0.1, -0.05) is 19.9 Å². The molecule has 0 aliphatic heterocycles. The smallest absolute Gasteiger partial charge is 0.128 e. The van der Waals surface area contributed by atoms with Crippen LogP contribution < -0.4 is 4.74 Å². The van der Waals surface area contributed by atoms with Crippen molar-refractivity contribution >= 4 is 10.9 Å². The zero-order valence-corrected chi connectivity index (χ0v) is 11.9. The van der Waals surface area contributed by atoms with E-state index >= 15 is 0 Å². The van der Waals surface area contributed by atoms with Crippen LogP contribution in [0.25, 0.3) is 10.9 Å². The Morgan fingerprint density at radius 3 is 2.61 bits per heavy atom. The molecule has 1 aromatic carbocycles. The average Bonchev–Trinajstić information content (AvgIpc) is 2.67. The van der Waals surface area contributed by atoms with Gasteiger partial charge in [0.15, 0.2) is 0 Å². The van der Waals surface area contributed by atoms with E-state index in [9.17, 15) is 0 Å². The van der Waals surface area contributed by atoms with Gasteiger partial charge < -0.3 is 9.30 Å². The molecule has 0 fully saturated rings. The summed E-state index contributed by atoms with van der Waals surface area (Å²) in [7, 11) is 0. The predicted molar refractivity (Wildman–Crippen MR) is 77.3 cm³/mol. The van der Waals surface area contributed by atoms with E-state index in [4.69, 9.17) is 4.74 Å². The molecule has 0 amide bonds. The van der Waals surface area contributed by atoms with Gasteiger partial charge in [-0.05, 0) is 44.4 Å². The standard InChI is InChI=1S/C16H23NO/c1-5-17-13(10-12(3)4)11-14-15(17)8-7-9-16(14)18-6-2/h7-9,11-12H,5-6,10H2,1-4H3. The van der Waals surface area contributed by atoms with Crippen molar-refractivity contribution in [2.45, 2.75) is 40.7 Å². The lowest BCUT2D eigenvalue weighted by molar-refractivity contribution is 0.344. The number of aromatic nitrogens is 1. The molecule has 0 atom stereocenters. The molecule has 1 aromatic heterocycles. The second-order valence-electron chi connectivity index (χ2n) is 5.10. The third-order valence-electron chi connectivity index (χ3n) is 3.23.